The van der Waals surface area contributed by atoms with Gasteiger partial charge in [-0.05, 0) is 24.3 Å². The molecule has 0 aliphatic heterocycles. The van der Waals surface area contributed by atoms with Crippen LogP contribution in [0, 0.1) is 11.6 Å². The van der Waals surface area contributed by atoms with Crippen molar-refractivity contribution in [3.8, 4) is 0 Å². The number of carboxylic acid groups (broad SMARTS) is 1. The van der Waals surface area contributed by atoms with Crippen LogP contribution in [0.15, 0.2) is 29.2 Å². The fraction of sp³-hybridized carbons (Fsp3) is 0.0833. The summed E-state index contributed by atoms with van der Waals surface area (Å²) in [6.45, 7) is 0. The molecule has 0 aliphatic rings. The lowest BCUT2D eigenvalue weighted by Crippen LogP contribution is -2.12. The van der Waals surface area contributed by atoms with Crippen LogP contribution in [0.2, 0.25) is 4.34 Å². The van der Waals surface area contributed by atoms with Gasteiger partial charge >= 0.3 is 5.97 Å². The van der Waals surface area contributed by atoms with Crippen LogP contribution in [0.1, 0.15) is 15.2 Å². The molecule has 0 unspecified atom stereocenters. The van der Waals surface area contributed by atoms with Gasteiger partial charge in [0.1, 0.15) is 16.3 Å². The molecule has 0 radical (unpaired) electrons. The molecule has 0 bridgehead atoms. The number of benzene rings is 1. The molecular weight excluding hydrogens is 346 g/mol. The molecule has 1 aromatic carbocycles. The molecule has 9 heteroatoms. The standard InChI is InChI=1S/C12H7ClF2O4S2/c13-9-4-1-6(20-9)5-21(18,19)8-3-2-7(14)10(11(8)15)12(16)17/h1-4H,5H2,(H,16,17). The van der Waals surface area contributed by atoms with Crippen molar-refractivity contribution in [2.24, 2.45) is 0 Å². The summed E-state index contributed by atoms with van der Waals surface area (Å²) >= 11 is 6.68. The van der Waals surface area contributed by atoms with E-state index in [1.54, 1.807) is 0 Å². The van der Waals surface area contributed by atoms with Gasteiger partial charge in [-0.15, -0.1) is 11.3 Å². The molecule has 0 aliphatic carbocycles. The summed E-state index contributed by atoms with van der Waals surface area (Å²) in [5, 5.41) is 8.74. The first-order valence-electron chi connectivity index (χ1n) is 5.40. The molecular formula is C12H7ClF2O4S2. The molecule has 21 heavy (non-hydrogen) atoms. The number of halogens is 3. The zero-order valence-corrected chi connectivity index (χ0v) is 12.5. The third-order valence-corrected chi connectivity index (χ3v) is 5.66. The minimum Gasteiger partial charge on any atom is -0.477 e. The molecule has 112 valence electrons. The Kier molecular flexibility index (Phi) is 4.31. The van der Waals surface area contributed by atoms with Crippen molar-refractivity contribution in [2.75, 3.05) is 0 Å². The Bertz CT molecular complexity index is 815. The van der Waals surface area contributed by atoms with Crippen molar-refractivity contribution in [3.05, 3.63) is 50.7 Å². The highest BCUT2D eigenvalue weighted by Crippen LogP contribution is 2.28. The van der Waals surface area contributed by atoms with Crippen LogP contribution in [-0.2, 0) is 15.6 Å². The summed E-state index contributed by atoms with van der Waals surface area (Å²) in [5.41, 5.74) is -1.29. The third-order valence-electron chi connectivity index (χ3n) is 2.57. The van der Waals surface area contributed by atoms with Crippen molar-refractivity contribution in [1.82, 2.24) is 0 Å². The van der Waals surface area contributed by atoms with Gasteiger partial charge in [0.25, 0.3) is 0 Å². The summed E-state index contributed by atoms with van der Waals surface area (Å²) in [7, 11) is -4.16. The zero-order valence-electron chi connectivity index (χ0n) is 10.1. The number of sulfone groups is 1. The normalized spacial score (nSPS) is 11.6. The number of thiophene rings is 1. The Morgan fingerprint density at radius 1 is 1.24 bits per heavy atom. The third kappa shape index (κ3) is 3.22. The molecule has 0 saturated heterocycles. The van der Waals surface area contributed by atoms with Gasteiger partial charge in [0.15, 0.2) is 15.7 Å². The molecule has 0 fully saturated rings. The lowest BCUT2D eigenvalue weighted by molar-refractivity contribution is 0.0685. The van der Waals surface area contributed by atoms with E-state index in [0.29, 0.717) is 21.3 Å². The first-order chi connectivity index (χ1) is 9.72. The van der Waals surface area contributed by atoms with E-state index in [9.17, 15) is 22.0 Å². The number of aromatic carboxylic acids is 1. The lowest BCUT2D eigenvalue weighted by Gasteiger charge is -2.07. The maximum atomic E-state index is 14.0. The molecule has 0 saturated carbocycles. The van der Waals surface area contributed by atoms with Crippen molar-refractivity contribution in [3.63, 3.8) is 0 Å². The van der Waals surface area contributed by atoms with Crippen LogP contribution < -0.4 is 0 Å². The summed E-state index contributed by atoms with van der Waals surface area (Å²) in [4.78, 5) is 10.3. The highest BCUT2D eigenvalue weighted by Gasteiger charge is 2.27. The average Bonchev–Trinajstić information content (AvgIpc) is 2.72. The van der Waals surface area contributed by atoms with Crippen LogP contribution >= 0.6 is 22.9 Å². The second-order valence-electron chi connectivity index (χ2n) is 4.00. The highest BCUT2D eigenvalue weighted by atomic mass is 35.5. The molecule has 1 aromatic heterocycles. The number of hydrogen-bond acceptors (Lipinski definition) is 4. The van der Waals surface area contributed by atoms with E-state index < -0.39 is 43.7 Å². The largest absolute Gasteiger partial charge is 0.477 e. The van der Waals surface area contributed by atoms with Crippen LogP contribution in [-0.4, -0.2) is 19.5 Å². The number of carbonyl (C=O) groups is 1. The molecule has 1 N–H and O–H groups in total. The highest BCUT2D eigenvalue weighted by molar-refractivity contribution is 7.90. The maximum Gasteiger partial charge on any atom is 0.341 e. The van der Waals surface area contributed by atoms with E-state index in [0.717, 1.165) is 11.3 Å². The summed E-state index contributed by atoms with van der Waals surface area (Å²) < 4.78 is 51.9. The van der Waals surface area contributed by atoms with E-state index in [1.807, 2.05) is 0 Å². The van der Waals surface area contributed by atoms with Gasteiger partial charge in [0.2, 0.25) is 0 Å². The Morgan fingerprint density at radius 2 is 1.90 bits per heavy atom. The van der Waals surface area contributed by atoms with Gasteiger partial charge in [0.05, 0.1) is 10.1 Å². The summed E-state index contributed by atoms with van der Waals surface area (Å²) in [5.74, 6) is -5.36. The molecule has 0 spiro atoms. The van der Waals surface area contributed by atoms with Crippen LogP contribution in [0.5, 0.6) is 0 Å². The van der Waals surface area contributed by atoms with Gasteiger partial charge in [-0.3, -0.25) is 0 Å². The number of carboxylic acids is 1. The second-order valence-corrected chi connectivity index (χ2v) is 7.76. The predicted molar refractivity (Wildman–Crippen MR) is 73.5 cm³/mol. The molecule has 2 aromatic rings. The molecule has 2 rings (SSSR count). The quantitative estimate of drug-likeness (QED) is 0.856. The summed E-state index contributed by atoms with van der Waals surface area (Å²) in [6.07, 6.45) is 0. The maximum absolute atomic E-state index is 14.0. The predicted octanol–water partition coefficient (Wildman–Crippen LogP) is 3.35. The zero-order chi connectivity index (χ0) is 15.8. The van der Waals surface area contributed by atoms with Crippen LogP contribution in [0.25, 0.3) is 0 Å². The van der Waals surface area contributed by atoms with Gasteiger partial charge in [-0.2, -0.15) is 0 Å². The fourth-order valence-electron chi connectivity index (χ4n) is 1.66. The van der Waals surface area contributed by atoms with Gasteiger partial charge < -0.3 is 5.11 Å². The first-order valence-corrected chi connectivity index (χ1v) is 8.25. The average molecular weight is 353 g/mol. The van der Waals surface area contributed by atoms with Crippen molar-refractivity contribution >= 4 is 38.7 Å². The fourth-order valence-corrected chi connectivity index (χ4v) is 4.52. The van der Waals surface area contributed by atoms with Gasteiger partial charge in [0, 0.05) is 4.88 Å². The smallest absolute Gasteiger partial charge is 0.341 e. The number of rotatable bonds is 4. The summed E-state index contributed by atoms with van der Waals surface area (Å²) in [6, 6.07) is 4.27. The molecule has 0 atom stereocenters. The van der Waals surface area contributed by atoms with Crippen molar-refractivity contribution in [2.45, 2.75) is 10.6 Å². The van der Waals surface area contributed by atoms with Crippen LogP contribution in [0.3, 0.4) is 0 Å². The van der Waals surface area contributed by atoms with Gasteiger partial charge in [-0.25, -0.2) is 22.0 Å². The second kappa shape index (κ2) is 5.70. The lowest BCUT2D eigenvalue weighted by atomic mass is 10.2. The van der Waals surface area contributed by atoms with E-state index in [-0.39, 0.29) is 0 Å². The van der Waals surface area contributed by atoms with E-state index in [2.05, 4.69) is 0 Å². The Morgan fingerprint density at radius 3 is 2.43 bits per heavy atom. The minimum absolute atomic E-state index is 0.362. The van der Waals surface area contributed by atoms with E-state index >= 15 is 0 Å². The Labute approximate surface area is 127 Å². The van der Waals surface area contributed by atoms with E-state index in [4.69, 9.17) is 16.7 Å². The van der Waals surface area contributed by atoms with Crippen LogP contribution in [0.4, 0.5) is 8.78 Å². The minimum atomic E-state index is -4.16. The SMILES string of the molecule is O=C(O)c1c(F)ccc(S(=O)(=O)Cc2ccc(Cl)s2)c1F. The number of hydrogen-bond donors (Lipinski definition) is 1. The molecule has 4 nitrogen and oxygen atoms in total. The van der Waals surface area contributed by atoms with Crippen molar-refractivity contribution < 1.29 is 27.1 Å². The van der Waals surface area contributed by atoms with Crippen molar-refractivity contribution in [1.29, 1.82) is 0 Å². The first kappa shape index (κ1) is 15.9. The van der Waals surface area contributed by atoms with E-state index in [1.165, 1.54) is 12.1 Å². The topological polar surface area (TPSA) is 71.4 Å². The molecule has 1 heterocycles. The molecule has 0 amide bonds. The Balaban J connectivity index is 2.50. The van der Waals surface area contributed by atoms with Gasteiger partial charge in [-0.1, -0.05) is 11.6 Å². The Hall–Kier alpha value is -1.51. The monoisotopic (exact) mass is 352 g/mol.